The van der Waals surface area contributed by atoms with Crippen LogP contribution in [0.1, 0.15) is 24.5 Å². The highest BCUT2D eigenvalue weighted by molar-refractivity contribution is 7.84. The van der Waals surface area contributed by atoms with E-state index in [1.165, 1.54) is 0 Å². The van der Waals surface area contributed by atoms with Crippen LogP contribution in [0.4, 0.5) is 0 Å². The second kappa shape index (κ2) is 9.77. The zero-order valence-electron chi connectivity index (χ0n) is 14.0. The van der Waals surface area contributed by atoms with E-state index < -0.39 is 10.8 Å². The SMILES string of the molecule is CC(CCS(C)=O)NCc1cc(Cl)ccc1OCc1cccnc1. The largest absolute Gasteiger partial charge is 0.489 e. The van der Waals surface area contributed by atoms with E-state index in [1.807, 2.05) is 30.3 Å². The molecule has 0 bridgehead atoms. The normalized spacial score (nSPS) is 13.5. The van der Waals surface area contributed by atoms with Crippen molar-refractivity contribution in [1.29, 1.82) is 0 Å². The van der Waals surface area contributed by atoms with Gasteiger partial charge in [0.05, 0.1) is 0 Å². The van der Waals surface area contributed by atoms with E-state index in [1.54, 1.807) is 18.6 Å². The quantitative estimate of drug-likeness (QED) is 0.737. The molecule has 1 aromatic carbocycles. The molecule has 4 nitrogen and oxygen atoms in total. The zero-order chi connectivity index (χ0) is 17.4. The van der Waals surface area contributed by atoms with Crippen molar-refractivity contribution in [3.05, 3.63) is 58.9 Å². The van der Waals surface area contributed by atoms with Crippen LogP contribution in [0.3, 0.4) is 0 Å². The molecule has 0 saturated heterocycles. The van der Waals surface area contributed by atoms with Gasteiger partial charge >= 0.3 is 0 Å². The third-order valence-corrected chi connectivity index (χ3v) is 4.66. The molecule has 0 aliphatic heterocycles. The molecule has 2 aromatic rings. The Kier molecular flexibility index (Phi) is 7.69. The van der Waals surface area contributed by atoms with E-state index in [-0.39, 0.29) is 6.04 Å². The highest BCUT2D eigenvalue weighted by Crippen LogP contribution is 2.24. The second-order valence-electron chi connectivity index (χ2n) is 5.75. The Balaban J connectivity index is 1.95. The van der Waals surface area contributed by atoms with Gasteiger partial charge in [0.15, 0.2) is 0 Å². The van der Waals surface area contributed by atoms with Gasteiger partial charge in [0, 0.05) is 63.9 Å². The summed E-state index contributed by atoms with van der Waals surface area (Å²) in [5.41, 5.74) is 2.03. The minimum atomic E-state index is -0.758. The smallest absolute Gasteiger partial charge is 0.124 e. The van der Waals surface area contributed by atoms with Crippen LogP contribution in [0.5, 0.6) is 5.75 Å². The maximum absolute atomic E-state index is 11.2. The standard InChI is InChI=1S/C18H23ClN2O2S/c1-14(7-9-24(2)22)21-12-16-10-17(19)5-6-18(16)23-13-15-4-3-8-20-11-15/h3-6,8,10-11,14,21H,7,9,12-13H2,1-2H3. The summed E-state index contributed by atoms with van der Waals surface area (Å²) in [7, 11) is -0.758. The lowest BCUT2D eigenvalue weighted by molar-refractivity contribution is 0.301. The molecule has 0 saturated carbocycles. The number of aromatic nitrogens is 1. The number of hydrogen-bond donors (Lipinski definition) is 1. The van der Waals surface area contributed by atoms with E-state index in [0.29, 0.717) is 23.9 Å². The maximum atomic E-state index is 11.2. The molecule has 1 aromatic heterocycles. The van der Waals surface area contributed by atoms with Gasteiger partial charge in [-0.05, 0) is 37.6 Å². The minimum absolute atomic E-state index is 0.277. The van der Waals surface area contributed by atoms with Gasteiger partial charge in [-0.2, -0.15) is 0 Å². The average molecular weight is 367 g/mol. The van der Waals surface area contributed by atoms with Crippen molar-refractivity contribution in [2.24, 2.45) is 0 Å². The van der Waals surface area contributed by atoms with Crippen LogP contribution < -0.4 is 10.1 Å². The molecule has 1 N–H and O–H groups in total. The lowest BCUT2D eigenvalue weighted by Gasteiger charge is -2.16. The predicted molar refractivity (Wildman–Crippen MR) is 99.9 cm³/mol. The van der Waals surface area contributed by atoms with Crippen molar-refractivity contribution in [3.8, 4) is 5.75 Å². The Labute approximate surface area is 151 Å². The highest BCUT2D eigenvalue weighted by atomic mass is 35.5. The van der Waals surface area contributed by atoms with Crippen molar-refractivity contribution >= 4 is 22.4 Å². The number of halogens is 1. The van der Waals surface area contributed by atoms with Crippen molar-refractivity contribution in [2.45, 2.75) is 32.5 Å². The summed E-state index contributed by atoms with van der Waals surface area (Å²) in [4.78, 5) is 4.09. The first kappa shape index (κ1) is 18.9. The Hall–Kier alpha value is -1.43. The Bertz CT molecular complexity index is 667. The summed E-state index contributed by atoms with van der Waals surface area (Å²) in [6, 6.07) is 9.78. The number of benzene rings is 1. The van der Waals surface area contributed by atoms with Crippen molar-refractivity contribution in [2.75, 3.05) is 12.0 Å². The Morgan fingerprint density at radius 3 is 2.92 bits per heavy atom. The predicted octanol–water partition coefficient (Wildman–Crippen LogP) is 3.56. The van der Waals surface area contributed by atoms with Crippen molar-refractivity contribution < 1.29 is 8.95 Å². The first-order chi connectivity index (χ1) is 11.5. The molecule has 130 valence electrons. The highest BCUT2D eigenvalue weighted by Gasteiger charge is 2.08. The van der Waals surface area contributed by atoms with E-state index in [0.717, 1.165) is 23.3 Å². The van der Waals surface area contributed by atoms with Gasteiger partial charge in [-0.1, -0.05) is 17.7 Å². The van der Waals surface area contributed by atoms with E-state index in [4.69, 9.17) is 16.3 Å². The van der Waals surface area contributed by atoms with Crippen LogP contribution in [0, 0.1) is 0 Å². The second-order valence-corrected chi connectivity index (χ2v) is 7.74. The number of ether oxygens (including phenoxy) is 1. The van der Waals surface area contributed by atoms with Gasteiger partial charge in [0.2, 0.25) is 0 Å². The molecule has 2 unspecified atom stereocenters. The summed E-state index contributed by atoms with van der Waals surface area (Å²) in [5, 5.41) is 4.12. The van der Waals surface area contributed by atoms with Crippen LogP contribution >= 0.6 is 11.6 Å². The maximum Gasteiger partial charge on any atom is 0.124 e. The summed E-state index contributed by atoms with van der Waals surface area (Å²) in [6.07, 6.45) is 6.14. The molecule has 0 fully saturated rings. The molecule has 0 amide bonds. The Morgan fingerprint density at radius 2 is 2.21 bits per heavy atom. The molecule has 0 spiro atoms. The summed E-state index contributed by atoms with van der Waals surface area (Å²) in [5.74, 6) is 1.51. The topological polar surface area (TPSA) is 51.2 Å². The van der Waals surface area contributed by atoms with Gasteiger partial charge in [-0.15, -0.1) is 0 Å². The number of pyridine rings is 1. The average Bonchev–Trinajstić information content (AvgIpc) is 2.58. The Morgan fingerprint density at radius 1 is 1.38 bits per heavy atom. The van der Waals surface area contributed by atoms with E-state index in [9.17, 15) is 4.21 Å². The van der Waals surface area contributed by atoms with Crippen LogP contribution in [0.2, 0.25) is 5.02 Å². The first-order valence-corrected chi connectivity index (χ1v) is 9.98. The fourth-order valence-electron chi connectivity index (χ4n) is 2.20. The van der Waals surface area contributed by atoms with Crippen molar-refractivity contribution in [3.63, 3.8) is 0 Å². The lowest BCUT2D eigenvalue weighted by Crippen LogP contribution is -2.27. The molecule has 6 heteroatoms. The molecular weight excluding hydrogens is 344 g/mol. The third kappa shape index (κ3) is 6.59. The van der Waals surface area contributed by atoms with Gasteiger partial charge in [-0.3, -0.25) is 9.19 Å². The van der Waals surface area contributed by atoms with Crippen LogP contribution in [0.25, 0.3) is 0 Å². The third-order valence-electron chi connectivity index (χ3n) is 3.62. The number of nitrogens with zero attached hydrogens (tertiary/aromatic N) is 1. The first-order valence-electron chi connectivity index (χ1n) is 7.88. The number of nitrogens with one attached hydrogen (secondary N) is 1. The number of hydrogen-bond acceptors (Lipinski definition) is 4. The van der Waals surface area contributed by atoms with Crippen LogP contribution in [0.15, 0.2) is 42.7 Å². The lowest BCUT2D eigenvalue weighted by atomic mass is 10.1. The summed E-state index contributed by atoms with van der Waals surface area (Å²) < 4.78 is 17.1. The van der Waals surface area contributed by atoms with Crippen molar-refractivity contribution in [1.82, 2.24) is 10.3 Å². The van der Waals surface area contributed by atoms with Gasteiger partial charge in [0.25, 0.3) is 0 Å². The van der Waals surface area contributed by atoms with E-state index in [2.05, 4.69) is 17.2 Å². The summed E-state index contributed by atoms with van der Waals surface area (Å²) in [6.45, 7) is 3.21. The van der Waals surface area contributed by atoms with Gasteiger partial charge < -0.3 is 10.1 Å². The van der Waals surface area contributed by atoms with Crippen LogP contribution in [-0.4, -0.2) is 27.2 Å². The summed E-state index contributed by atoms with van der Waals surface area (Å²) >= 11 is 6.12. The molecule has 2 atom stereocenters. The molecule has 0 aliphatic rings. The molecule has 0 radical (unpaired) electrons. The van der Waals surface area contributed by atoms with Crippen LogP contribution in [-0.2, 0) is 24.0 Å². The fourth-order valence-corrected chi connectivity index (χ4v) is 3.08. The fraction of sp³-hybridized carbons (Fsp3) is 0.389. The zero-order valence-corrected chi connectivity index (χ0v) is 15.6. The molecule has 24 heavy (non-hydrogen) atoms. The molecule has 0 aliphatic carbocycles. The van der Waals surface area contributed by atoms with E-state index >= 15 is 0 Å². The minimum Gasteiger partial charge on any atom is -0.489 e. The molecule has 1 heterocycles. The molecule has 2 rings (SSSR count). The van der Waals surface area contributed by atoms with Gasteiger partial charge in [-0.25, -0.2) is 0 Å². The molecular formula is C18H23ClN2O2S. The van der Waals surface area contributed by atoms with Gasteiger partial charge in [0.1, 0.15) is 12.4 Å². The number of rotatable bonds is 9. The monoisotopic (exact) mass is 366 g/mol.